The molecule has 0 aliphatic rings. The number of hydrogen-bond donors (Lipinski definition) is 0. The Kier molecular flexibility index (Phi) is 5.91. The van der Waals surface area contributed by atoms with E-state index in [1.54, 1.807) is 0 Å². The molecule has 0 amide bonds. The smallest absolute Gasteiger partial charge is 0.136 e. The van der Waals surface area contributed by atoms with Crippen molar-refractivity contribution in [1.29, 1.82) is 0 Å². The summed E-state index contributed by atoms with van der Waals surface area (Å²) < 4.78 is 6.39. The van der Waals surface area contributed by atoms with Gasteiger partial charge in [-0.3, -0.25) is 0 Å². The maximum atomic E-state index is 6.39. The maximum Gasteiger partial charge on any atom is 0.136 e. The van der Waals surface area contributed by atoms with Crippen LogP contribution in [-0.4, -0.2) is 0 Å². The second-order valence-corrected chi connectivity index (χ2v) is 12.5. The van der Waals surface area contributed by atoms with Crippen molar-refractivity contribution in [2.45, 2.75) is 0 Å². The Balaban J connectivity index is 1.27. The van der Waals surface area contributed by atoms with Crippen LogP contribution >= 0.6 is 0 Å². The lowest BCUT2D eigenvalue weighted by Gasteiger charge is -2.30. The van der Waals surface area contributed by atoms with Crippen molar-refractivity contribution in [2.24, 2.45) is 0 Å². The minimum absolute atomic E-state index is 0.896. The molecule has 0 bridgehead atoms. The molecule has 48 heavy (non-hydrogen) atoms. The number of fused-ring (bicyclic) bond motifs is 8. The van der Waals surface area contributed by atoms with E-state index in [1.165, 1.54) is 43.1 Å². The number of benzene rings is 9. The summed E-state index contributed by atoms with van der Waals surface area (Å²) >= 11 is 0. The second-order valence-electron chi connectivity index (χ2n) is 12.5. The summed E-state index contributed by atoms with van der Waals surface area (Å²) in [5.41, 5.74) is 7.51. The minimum Gasteiger partial charge on any atom is -0.456 e. The Morgan fingerprint density at radius 2 is 0.917 bits per heavy atom. The van der Waals surface area contributed by atoms with Gasteiger partial charge in [0.1, 0.15) is 11.2 Å². The first-order chi connectivity index (χ1) is 23.8. The number of furan rings is 1. The van der Waals surface area contributed by atoms with Crippen molar-refractivity contribution >= 4 is 82.1 Å². The van der Waals surface area contributed by atoms with Crippen LogP contribution in [0.4, 0.5) is 17.1 Å². The highest BCUT2D eigenvalue weighted by Gasteiger charge is 2.22. The van der Waals surface area contributed by atoms with Crippen molar-refractivity contribution in [1.82, 2.24) is 0 Å². The van der Waals surface area contributed by atoms with Crippen LogP contribution in [0, 0.1) is 0 Å². The van der Waals surface area contributed by atoms with Gasteiger partial charge >= 0.3 is 0 Å². The molecule has 0 saturated carbocycles. The van der Waals surface area contributed by atoms with Crippen LogP contribution in [0.3, 0.4) is 0 Å². The molecule has 9 aromatic carbocycles. The van der Waals surface area contributed by atoms with Crippen LogP contribution in [0.1, 0.15) is 0 Å². The number of nitrogens with zero attached hydrogens (tertiary/aromatic N) is 1. The van der Waals surface area contributed by atoms with Gasteiger partial charge in [0, 0.05) is 27.1 Å². The summed E-state index contributed by atoms with van der Waals surface area (Å²) in [6.07, 6.45) is 0. The fourth-order valence-corrected chi connectivity index (χ4v) is 7.55. The van der Waals surface area contributed by atoms with Gasteiger partial charge in [0.15, 0.2) is 0 Å². The van der Waals surface area contributed by atoms with Crippen LogP contribution in [0.5, 0.6) is 0 Å². The Morgan fingerprint density at radius 1 is 0.312 bits per heavy atom. The molecule has 2 heteroatoms. The summed E-state index contributed by atoms with van der Waals surface area (Å²) in [6, 6.07) is 63.5. The number of hydrogen-bond acceptors (Lipinski definition) is 2. The van der Waals surface area contributed by atoms with Gasteiger partial charge in [0.05, 0.1) is 17.1 Å². The van der Waals surface area contributed by atoms with Gasteiger partial charge in [-0.05, 0) is 80.3 Å². The molecule has 0 saturated heterocycles. The normalized spacial score (nSPS) is 11.8. The molecule has 0 N–H and O–H groups in total. The predicted octanol–water partition coefficient (Wildman–Crippen LogP) is 13.3. The van der Waals surface area contributed by atoms with Crippen molar-refractivity contribution in [3.8, 4) is 11.1 Å². The molecule has 10 rings (SSSR count). The molecule has 0 atom stereocenters. The quantitative estimate of drug-likeness (QED) is 0.184. The molecule has 0 fully saturated rings. The fraction of sp³-hybridized carbons (Fsp3) is 0. The topological polar surface area (TPSA) is 16.4 Å². The van der Waals surface area contributed by atoms with Crippen molar-refractivity contribution in [3.63, 3.8) is 0 Å². The highest BCUT2D eigenvalue weighted by Crippen LogP contribution is 2.47. The SMILES string of the molecule is c1ccc(N(c2cccc3ccccc23)c2cc3ccccc3c3ccccc23)c(-c2ccc3oc4cc5ccccc5cc4c3c2)c1. The Bertz CT molecular complexity index is 2860. The largest absolute Gasteiger partial charge is 0.456 e. The van der Waals surface area contributed by atoms with Gasteiger partial charge in [-0.1, -0.05) is 133 Å². The van der Waals surface area contributed by atoms with E-state index in [-0.39, 0.29) is 0 Å². The van der Waals surface area contributed by atoms with E-state index in [1.807, 2.05) is 0 Å². The molecule has 0 aliphatic heterocycles. The van der Waals surface area contributed by atoms with Gasteiger partial charge < -0.3 is 9.32 Å². The predicted molar refractivity (Wildman–Crippen MR) is 204 cm³/mol. The number of para-hydroxylation sites is 1. The molecule has 2 nitrogen and oxygen atoms in total. The lowest BCUT2D eigenvalue weighted by Crippen LogP contribution is -2.12. The molecule has 0 radical (unpaired) electrons. The summed E-state index contributed by atoms with van der Waals surface area (Å²) in [6.45, 7) is 0. The van der Waals surface area contributed by atoms with E-state index in [0.29, 0.717) is 0 Å². The molecule has 224 valence electrons. The highest BCUT2D eigenvalue weighted by atomic mass is 16.3. The van der Waals surface area contributed by atoms with Gasteiger partial charge in [0.2, 0.25) is 0 Å². The molecule has 0 unspecified atom stereocenters. The first-order valence-corrected chi connectivity index (χ1v) is 16.4. The Labute approximate surface area is 277 Å². The van der Waals surface area contributed by atoms with Crippen LogP contribution in [0.2, 0.25) is 0 Å². The van der Waals surface area contributed by atoms with Gasteiger partial charge in [-0.15, -0.1) is 0 Å². The fourth-order valence-electron chi connectivity index (χ4n) is 7.55. The zero-order chi connectivity index (χ0) is 31.6. The molecule has 0 spiro atoms. The zero-order valence-electron chi connectivity index (χ0n) is 26.1. The lowest BCUT2D eigenvalue weighted by molar-refractivity contribution is 0.669. The second kappa shape index (κ2) is 10.6. The summed E-state index contributed by atoms with van der Waals surface area (Å²) in [5.74, 6) is 0. The van der Waals surface area contributed by atoms with Crippen LogP contribution in [-0.2, 0) is 0 Å². The first kappa shape index (κ1) is 26.8. The van der Waals surface area contributed by atoms with Crippen molar-refractivity contribution < 1.29 is 4.42 Å². The molecule has 1 heterocycles. The monoisotopic (exact) mass is 611 g/mol. The van der Waals surface area contributed by atoms with Gasteiger partial charge in [-0.2, -0.15) is 0 Å². The average Bonchev–Trinajstić information content (AvgIpc) is 3.51. The van der Waals surface area contributed by atoms with E-state index in [2.05, 4.69) is 181 Å². The summed E-state index contributed by atoms with van der Waals surface area (Å²) in [4.78, 5) is 2.47. The van der Waals surface area contributed by atoms with E-state index in [0.717, 1.165) is 50.1 Å². The van der Waals surface area contributed by atoms with Crippen LogP contribution in [0.15, 0.2) is 180 Å². The Hall–Kier alpha value is -6.38. The number of anilines is 3. The van der Waals surface area contributed by atoms with Gasteiger partial charge in [0.25, 0.3) is 0 Å². The van der Waals surface area contributed by atoms with E-state index in [9.17, 15) is 0 Å². The molecular formula is C46H29NO. The first-order valence-electron chi connectivity index (χ1n) is 16.4. The third-order valence-corrected chi connectivity index (χ3v) is 9.79. The molecule has 0 aliphatic carbocycles. The minimum atomic E-state index is 0.896. The third kappa shape index (κ3) is 4.13. The van der Waals surface area contributed by atoms with Crippen LogP contribution < -0.4 is 4.90 Å². The van der Waals surface area contributed by atoms with Crippen molar-refractivity contribution in [2.75, 3.05) is 4.90 Å². The van der Waals surface area contributed by atoms with E-state index < -0.39 is 0 Å². The van der Waals surface area contributed by atoms with E-state index >= 15 is 0 Å². The maximum absolute atomic E-state index is 6.39. The zero-order valence-corrected chi connectivity index (χ0v) is 26.1. The molecular weight excluding hydrogens is 583 g/mol. The van der Waals surface area contributed by atoms with Crippen molar-refractivity contribution in [3.05, 3.63) is 176 Å². The summed E-state index contributed by atoms with van der Waals surface area (Å²) in [7, 11) is 0. The average molecular weight is 612 g/mol. The summed E-state index contributed by atoms with van der Waals surface area (Å²) in [5, 5.41) is 12.0. The standard InChI is InChI=1S/C46H29NO/c1-2-14-32-29-46-41(26-31(32)13-1)40-27-34(24-25-45(40)48-46)37-19-9-10-22-42(37)47(43-23-11-16-30-12-3-6-18-36(30)43)44-28-33-15-4-5-17-35(33)38-20-7-8-21-39(38)44/h1-29H. The highest BCUT2D eigenvalue weighted by molar-refractivity contribution is 6.16. The third-order valence-electron chi connectivity index (χ3n) is 9.79. The Morgan fingerprint density at radius 3 is 1.77 bits per heavy atom. The van der Waals surface area contributed by atoms with E-state index in [4.69, 9.17) is 4.42 Å². The number of rotatable bonds is 4. The molecule has 10 aromatic rings. The molecule has 1 aromatic heterocycles. The van der Waals surface area contributed by atoms with Gasteiger partial charge in [-0.25, -0.2) is 0 Å². The van der Waals surface area contributed by atoms with Crippen LogP contribution in [0.25, 0.3) is 76.2 Å². The lowest BCUT2D eigenvalue weighted by atomic mass is 9.96.